The summed E-state index contributed by atoms with van der Waals surface area (Å²) in [5, 5.41) is 0. The lowest BCUT2D eigenvalue weighted by Gasteiger charge is -2.38. The van der Waals surface area contributed by atoms with Crippen molar-refractivity contribution in [3.8, 4) is 0 Å². The van der Waals surface area contributed by atoms with Crippen molar-refractivity contribution in [3.63, 3.8) is 0 Å². The molecule has 0 saturated carbocycles. The molecule has 3 rings (SSSR count). The fraction of sp³-hybridized carbons (Fsp3) is 0.625. The quantitative estimate of drug-likeness (QED) is 0.793. The molecule has 2 nitrogen and oxygen atoms in total. The van der Waals surface area contributed by atoms with Crippen molar-refractivity contribution in [1.82, 2.24) is 0 Å². The minimum Gasteiger partial charge on any atom is -0.378 e. The molecule has 0 radical (unpaired) electrons. The zero-order chi connectivity index (χ0) is 12.6. The van der Waals surface area contributed by atoms with Crippen molar-refractivity contribution >= 4 is 0 Å². The molecule has 98 valence electrons. The number of hydrogen-bond donors (Lipinski definition) is 0. The molecule has 0 amide bonds. The van der Waals surface area contributed by atoms with E-state index in [2.05, 4.69) is 38.1 Å². The Balaban J connectivity index is 1.83. The Hall–Kier alpha value is -0.860. The minimum atomic E-state index is -0.0611. The average Bonchev–Trinajstić information content (AvgIpc) is 2.68. The summed E-state index contributed by atoms with van der Waals surface area (Å²) in [5.41, 5.74) is 2.71. The molecule has 2 aliphatic heterocycles. The summed E-state index contributed by atoms with van der Waals surface area (Å²) >= 11 is 0. The molecule has 0 aromatic heterocycles. The van der Waals surface area contributed by atoms with Crippen molar-refractivity contribution in [2.45, 2.75) is 51.4 Å². The Morgan fingerprint density at radius 2 is 2.17 bits per heavy atom. The Labute approximate surface area is 109 Å². The van der Waals surface area contributed by atoms with E-state index >= 15 is 0 Å². The topological polar surface area (TPSA) is 18.5 Å². The van der Waals surface area contributed by atoms with Gasteiger partial charge in [-0.25, -0.2) is 0 Å². The smallest absolute Gasteiger partial charge is 0.0985 e. The van der Waals surface area contributed by atoms with Gasteiger partial charge in [0.25, 0.3) is 0 Å². The molecule has 2 aliphatic rings. The van der Waals surface area contributed by atoms with Gasteiger partial charge < -0.3 is 9.47 Å². The van der Waals surface area contributed by atoms with Crippen molar-refractivity contribution < 1.29 is 9.47 Å². The predicted molar refractivity (Wildman–Crippen MR) is 71.3 cm³/mol. The molecule has 1 fully saturated rings. The lowest BCUT2D eigenvalue weighted by atomic mass is 9.81. The first-order chi connectivity index (χ1) is 8.70. The largest absolute Gasteiger partial charge is 0.378 e. The van der Waals surface area contributed by atoms with Crippen LogP contribution in [0.15, 0.2) is 24.3 Å². The van der Waals surface area contributed by atoms with Gasteiger partial charge in [0.15, 0.2) is 0 Å². The molecular weight excluding hydrogens is 224 g/mol. The molecule has 1 aromatic carbocycles. The molecule has 1 saturated heterocycles. The molecule has 2 heteroatoms. The lowest BCUT2D eigenvalue weighted by Crippen LogP contribution is -2.39. The summed E-state index contributed by atoms with van der Waals surface area (Å²) < 4.78 is 12.1. The first-order valence-corrected chi connectivity index (χ1v) is 7.03. The van der Waals surface area contributed by atoms with Gasteiger partial charge in [-0.05, 0) is 23.5 Å². The highest BCUT2D eigenvalue weighted by atomic mass is 16.5. The van der Waals surface area contributed by atoms with Gasteiger partial charge >= 0.3 is 0 Å². The van der Waals surface area contributed by atoms with E-state index in [1.807, 2.05) is 0 Å². The first-order valence-electron chi connectivity index (χ1n) is 7.03. The highest BCUT2D eigenvalue weighted by Gasteiger charge is 2.44. The summed E-state index contributed by atoms with van der Waals surface area (Å²) in [4.78, 5) is 0. The van der Waals surface area contributed by atoms with E-state index in [-0.39, 0.29) is 5.60 Å². The van der Waals surface area contributed by atoms with Crippen LogP contribution in [0.2, 0.25) is 0 Å². The van der Waals surface area contributed by atoms with Crippen LogP contribution in [0.1, 0.15) is 44.2 Å². The Morgan fingerprint density at radius 1 is 1.33 bits per heavy atom. The Morgan fingerprint density at radius 3 is 3.00 bits per heavy atom. The molecule has 2 heterocycles. The van der Waals surface area contributed by atoms with E-state index in [1.54, 1.807) is 0 Å². The lowest BCUT2D eigenvalue weighted by molar-refractivity contribution is -0.140. The number of ether oxygens (including phenoxy) is 2. The van der Waals surface area contributed by atoms with Crippen molar-refractivity contribution in [2.75, 3.05) is 6.61 Å². The number of benzene rings is 1. The Kier molecular flexibility index (Phi) is 3.16. The summed E-state index contributed by atoms with van der Waals surface area (Å²) in [6, 6.07) is 8.66. The van der Waals surface area contributed by atoms with E-state index in [0.717, 1.165) is 32.5 Å². The second-order valence-corrected chi connectivity index (χ2v) is 6.02. The van der Waals surface area contributed by atoms with Gasteiger partial charge in [-0.1, -0.05) is 38.1 Å². The third-order valence-electron chi connectivity index (χ3n) is 4.16. The van der Waals surface area contributed by atoms with Gasteiger partial charge in [-0.15, -0.1) is 0 Å². The fourth-order valence-corrected chi connectivity index (χ4v) is 3.36. The highest BCUT2D eigenvalue weighted by Crippen LogP contribution is 2.45. The zero-order valence-corrected chi connectivity index (χ0v) is 11.3. The van der Waals surface area contributed by atoms with Crippen LogP contribution in [0, 0.1) is 5.92 Å². The minimum absolute atomic E-state index is 0.0611. The third-order valence-corrected chi connectivity index (χ3v) is 4.16. The monoisotopic (exact) mass is 246 g/mol. The maximum atomic E-state index is 6.18. The van der Waals surface area contributed by atoms with Gasteiger partial charge in [-0.3, -0.25) is 0 Å². The summed E-state index contributed by atoms with van der Waals surface area (Å²) in [6.45, 7) is 6.11. The highest BCUT2D eigenvalue weighted by molar-refractivity contribution is 5.35. The predicted octanol–water partition coefficient (Wildman–Crippen LogP) is 3.64. The summed E-state index contributed by atoms with van der Waals surface area (Å²) in [5.74, 6) is 0.682. The SMILES string of the molecule is CC(C)C[C@@H]1C[C@]2(CCO1)OCc1ccccc12. The van der Waals surface area contributed by atoms with Crippen LogP contribution in [0.4, 0.5) is 0 Å². The van der Waals surface area contributed by atoms with Gasteiger partial charge in [0.05, 0.1) is 24.9 Å². The molecule has 18 heavy (non-hydrogen) atoms. The van der Waals surface area contributed by atoms with Gasteiger partial charge in [0, 0.05) is 12.8 Å². The first kappa shape index (κ1) is 12.2. The van der Waals surface area contributed by atoms with Crippen LogP contribution in [-0.2, 0) is 21.7 Å². The van der Waals surface area contributed by atoms with Crippen molar-refractivity contribution in [2.24, 2.45) is 5.92 Å². The Bertz CT molecular complexity index is 423. The van der Waals surface area contributed by atoms with E-state index in [9.17, 15) is 0 Å². The number of rotatable bonds is 2. The van der Waals surface area contributed by atoms with Crippen LogP contribution in [-0.4, -0.2) is 12.7 Å². The second-order valence-electron chi connectivity index (χ2n) is 6.02. The maximum absolute atomic E-state index is 6.18. The maximum Gasteiger partial charge on any atom is 0.0985 e. The third kappa shape index (κ3) is 2.08. The van der Waals surface area contributed by atoms with Crippen molar-refractivity contribution in [1.29, 1.82) is 0 Å². The molecule has 0 bridgehead atoms. The average molecular weight is 246 g/mol. The normalized spacial score (nSPS) is 30.9. The van der Waals surface area contributed by atoms with Crippen LogP contribution >= 0.6 is 0 Å². The van der Waals surface area contributed by atoms with Gasteiger partial charge in [0.1, 0.15) is 0 Å². The van der Waals surface area contributed by atoms with E-state index < -0.39 is 0 Å². The van der Waals surface area contributed by atoms with E-state index in [0.29, 0.717) is 12.0 Å². The summed E-state index contributed by atoms with van der Waals surface area (Å²) in [7, 11) is 0. The van der Waals surface area contributed by atoms with Crippen LogP contribution < -0.4 is 0 Å². The fourth-order valence-electron chi connectivity index (χ4n) is 3.36. The van der Waals surface area contributed by atoms with Gasteiger partial charge in [-0.2, -0.15) is 0 Å². The number of fused-ring (bicyclic) bond motifs is 2. The molecule has 0 N–H and O–H groups in total. The standard InChI is InChI=1S/C16H22O2/c1-12(2)9-14-10-16(7-8-17-14)15-6-4-3-5-13(15)11-18-16/h3-6,12,14H,7-11H2,1-2H3/t14-,16+/m1/s1. The van der Waals surface area contributed by atoms with Crippen LogP contribution in [0.5, 0.6) is 0 Å². The van der Waals surface area contributed by atoms with E-state index in [4.69, 9.17) is 9.47 Å². The molecule has 1 aromatic rings. The van der Waals surface area contributed by atoms with Gasteiger partial charge in [0.2, 0.25) is 0 Å². The zero-order valence-electron chi connectivity index (χ0n) is 11.3. The molecular formula is C16H22O2. The number of hydrogen-bond acceptors (Lipinski definition) is 2. The second kappa shape index (κ2) is 4.67. The molecule has 1 spiro atoms. The summed E-state index contributed by atoms with van der Waals surface area (Å²) in [6.07, 6.45) is 3.50. The van der Waals surface area contributed by atoms with Crippen molar-refractivity contribution in [3.05, 3.63) is 35.4 Å². The van der Waals surface area contributed by atoms with Crippen LogP contribution in [0.3, 0.4) is 0 Å². The molecule has 0 aliphatic carbocycles. The molecule has 2 atom stereocenters. The molecule has 0 unspecified atom stereocenters. The van der Waals surface area contributed by atoms with Crippen LogP contribution in [0.25, 0.3) is 0 Å². The van der Waals surface area contributed by atoms with E-state index in [1.165, 1.54) is 11.1 Å².